The number of nitrogens with one attached hydrogen (secondary N) is 1. The Hall–Kier alpha value is -2.15. The fourth-order valence-electron chi connectivity index (χ4n) is 2.71. The van der Waals surface area contributed by atoms with Gasteiger partial charge in [0.1, 0.15) is 5.38 Å². The van der Waals surface area contributed by atoms with Crippen molar-refractivity contribution < 1.29 is 4.79 Å². The highest BCUT2D eigenvalue weighted by Crippen LogP contribution is 2.24. The molecule has 1 unspecified atom stereocenters. The minimum atomic E-state index is -1.06. The molecule has 1 aromatic rings. The van der Waals surface area contributed by atoms with Crippen molar-refractivity contribution in [2.24, 2.45) is 4.99 Å². The second-order valence-electron chi connectivity index (χ2n) is 5.46. The van der Waals surface area contributed by atoms with Gasteiger partial charge in [-0.25, -0.2) is 9.67 Å². The lowest BCUT2D eigenvalue weighted by molar-refractivity contribution is -0.114. The summed E-state index contributed by atoms with van der Waals surface area (Å²) < 4.78 is 3.29. The summed E-state index contributed by atoms with van der Waals surface area (Å²) >= 11 is 5.94. The van der Waals surface area contributed by atoms with Crippen LogP contribution in [0.5, 0.6) is 0 Å². The predicted octanol–water partition coefficient (Wildman–Crippen LogP) is 1.25. The molecule has 0 fully saturated rings. The number of halogens is 1. The fourth-order valence-corrected chi connectivity index (χ4v) is 3.00. The minimum absolute atomic E-state index is 0.106. The molecule has 8 heteroatoms. The van der Waals surface area contributed by atoms with Crippen LogP contribution in [0.2, 0.25) is 0 Å². The van der Waals surface area contributed by atoms with Crippen molar-refractivity contribution in [1.82, 2.24) is 9.36 Å². The molecular weight excluding hydrogens is 306 g/mol. The van der Waals surface area contributed by atoms with Gasteiger partial charge < -0.3 is 11.1 Å². The smallest absolute Gasteiger partial charge is 0.294 e. The zero-order valence-corrected chi connectivity index (χ0v) is 12.9. The Morgan fingerprint density at radius 1 is 1.32 bits per heavy atom. The van der Waals surface area contributed by atoms with Gasteiger partial charge in [-0.2, -0.15) is 0 Å². The number of alkyl halides is 1. The van der Waals surface area contributed by atoms with Gasteiger partial charge in [-0.15, -0.1) is 11.6 Å². The number of carbonyl (C=O) groups excluding carboxylic acids is 1. The fraction of sp³-hybridized carbons (Fsp3) is 0.429. The van der Waals surface area contributed by atoms with Crippen molar-refractivity contribution in [1.29, 1.82) is 5.41 Å². The van der Waals surface area contributed by atoms with E-state index in [1.807, 2.05) is 0 Å². The molecule has 1 aromatic heterocycles. The van der Waals surface area contributed by atoms with E-state index in [0.717, 1.165) is 12.8 Å². The summed E-state index contributed by atoms with van der Waals surface area (Å²) in [5.74, 6) is -0.0226. The van der Waals surface area contributed by atoms with Crippen molar-refractivity contribution in [2.45, 2.75) is 38.2 Å². The number of carbonyl (C=O) groups is 1. The number of nitrogens with two attached hydrogens (primary N) is 1. The van der Waals surface area contributed by atoms with Crippen molar-refractivity contribution >= 4 is 40.3 Å². The predicted molar refractivity (Wildman–Crippen MR) is 85.6 cm³/mol. The largest absolute Gasteiger partial charge is 0.382 e. The summed E-state index contributed by atoms with van der Waals surface area (Å²) in [4.78, 5) is 28.4. The molecule has 1 aliphatic heterocycles. The SMILES string of the molecule is CC1=CC(=Nc2c(N)n3n(c2=O)CCCC3)C(=N)C(Cl)C1=O. The van der Waals surface area contributed by atoms with E-state index in [2.05, 4.69) is 4.99 Å². The van der Waals surface area contributed by atoms with Crippen LogP contribution in [-0.2, 0) is 17.9 Å². The van der Waals surface area contributed by atoms with Crippen LogP contribution in [0.25, 0.3) is 0 Å². The summed E-state index contributed by atoms with van der Waals surface area (Å²) in [6.45, 7) is 2.90. The second-order valence-corrected chi connectivity index (χ2v) is 5.89. The van der Waals surface area contributed by atoms with E-state index >= 15 is 0 Å². The van der Waals surface area contributed by atoms with Crippen LogP contribution in [0.3, 0.4) is 0 Å². The molecule has 22 heavy (non-hydrogen) atoms. The Kier molecular flexibility index (Phi) is 3.52. The second kappa shape index (κ2) is 5.24. The van der Waals surface area contributed by atoms with E-state index in [9.17, 15) is 9.59 Å². The van der Waals surface area contributed by atoms with Crippen molar-refractivity contribution in [3.8, 4) is 0 Å². The molecular formula is C14H16ClN5O2. The molecule has 3 rings (SSSR count). The number of fused-ring (bicyclic) bond motifs is 1. The van der Waals surface area contributed by atoms with E-state index in [0.29, 0.717) is 24.5 Å². The number of ketones is 1. The highest BCUT2D eigenvalue weighted by molar-refractivity contribution is 6.63. The Labute approximate surface area is 131 Å². The molecule has 0 bridgehead atoms. The third-order valence-corrected chi connectivity index (χ3v) is 4.39. The van der Waals surface area contributed by atoms with Gasteiger partial charge in [-0.3, -0.25) is 14.3 Å². The van der Waals surface area contributed by atoms with Gasteiger partial charge in [0, 0.05) is 13.1 Å². The zero-order chi connectivity index (χ0) is 16.0. The van der Waals surface area contributed by atoms with E-state index in [-0.39, 0.29) is 28.5 Å². The lowest BCUT2D eigenvalue weighted by Gasteiger charge is -2.17. The monoisotopic (exact) mass is 321 g/mol. The molecule has 0 amide bonds. The van der Waals surface area contributed by atoms with Crippen molar-refractivity contribution in [3.63, 3.8) is 0 Å². The first-order valence-electron chi connectivity index (χ1n) is 7.05. The number of nitrogen functional groups attached to an aromatic ring is 1. The van der Waals surface area contributed by atoms with Crippen LogP contribution in [0.4, 0.5) is 11.5 Å². The van der Waals surface area contributed by atoms with Crippen LogP contribution < -0.4 is 11.3 Å². The molecule has 0 saturated heterocycles. The molecule has 1 atom stereocenters. The van der Waals surface area contributed by atoms with Gasteiger partial charge in [-0.1, -0.05) is 0 Å². The normalized spacial score (nSPS) is 23.6. The molecule has 1 aliphatic carbocycles. The molecule has 0 spiro atoms. The lowest BCUT2D eigenvalue weighted by Crippen LogP contribution is -2.35. The maximum atomic E-state index is 12.4. The van der Waals surface area contributed by atoms with Gasteiger partial charge in [0.05, 0.1) is 11.4 Å². The Morgan fingerprint density at radius 2 is 1.95 bits per heavy atom. The highest BCUT2D eigenvalue weighted by atomic mass is 35.5. The molecule has 2 aliphatic rings. The van der Waals surface area contributed by atoms with E-state index in [4.69, 9.17) is 22.7 Å². The number of nitrogens with zero attached hydrogens (tertiary/aromatic N) is 3. The summed E-state index contributed by atoms with van der Waals surface area (Å²) in [5.41, 5.74) is 6.39. The standard InChI is InChI=1S/C14H16ClN5O2/c1-7-6-8(10(16)9(15)12(7)21)18-11-13(17)19-4-2-3-5-20(19)14(11)22/h6,9,16H,2-5,17H2,1H3. The van der Waals surface area contributed by atoms with Crippen molar-refractivity contribution in [2.75, 3.05) is 5.73 Å². The topological polar surface area (TPSA) is 106 Å². The Morgan fingerprint density at radius 3 is 2.59 bits per heavy atom. The third-order valence-electron chi connectivity index (χ3n) is 3.97. The third kappa shape index (κ3) is 2.12. The number of aromatic nitrogens is 2. The number of hydrogen-bond acceptors (Lipinski definition) is 5. The average Bonchev–Trinajstić information content (AvgIpc) is 2.76. The van der Waals surface area contributed by atoms with Gasteiger partial charge in [0.2, 0.25) is 0 Å². The quantitative estimate of drug-likeness (QED) is 0.760. The first kappa shape index (κ1) is 14.8. The van der Waals surface area contributed by atoms with E-state index in [1.54, 1.807) is 16.3 Å². The molecule has 7 nitrogen and oxygen atoms in total. The minimum Gasteiger partial charge on any atom is -0.382 e. The Bertz CT molecular complexity index is 799. The molecule has 3 N–H and O–H groups in total. The molecule has 2 heterocycles. The van der Waals surface area contributed by atoms with Crippen LogP contribution in [0, 0.1) is 5.41 Å². The summed E-state index contributed by atoms with van der Waals surface area (Å²) in [7, 11) is 0. The summed E-state index contributed by atoms with van der Waals surface area (Å²) in [6.07, 6.45) is 3.36. The number of rotatable bonds is 1. The molecule has 0 radical (unpaired) electrons. The summed E-state index contributed by atoms with van der Waals surface area (Å²) in [6, 6.07) is 0. The van der Waals surface area contributed by atoms with Crippen molar-refractivity contribution in [3.05, 3.63) is 22.0 Å². The van der Waals surface area contributed by atoms with Gasteiger partial charge >= 0.3 is 0 Å². The van der Waals surface area contributed by atoms with Gasteiger partial charge in [0.15, 0.2) is 17.3 Å². The maximum absolute atomic E-state index is 12.4. The number of anilines is 1. The number of Topliss-reactive ketones (excluding diaryl/α,β-unsaturated/α-hetero) is 1. The molecule has 0 saturated carbocycles. The summed E-state index contributed by atoms with van der Waals surface area (Å²) in [5, 5.41) is 6.88. The van der Waals surface area contributed by atoms with Crippen LogP contribution in [-0.4, -0.2) is 31.9 Å². The molecule has 116 valence electrons. The zero-order valence-electron chi connectivity index (χ0n) is 12.1. The van der Waals surface area contributed by atoms with Crippen LogP contribution >= 0.6 is 11.6 Å². The number of hydrogen-bond donors (Lipinski definition) is 2. The first-order valence-corrected chi connectivity index (χ1v) is 7.48. The van der Waals surface area contributed by atoms with E-state index < -0.39 is 5.38 Å². The average molecular weight is 322 g/mol. The van der Waals surface area contributed by atoms with Crippen LogP contribution in [0.1, 0.15) is 19.8 Å². The maximum Gasteiger partial charge on any atom is 0.294 e. The van der Waals surface area contributed by atoms with Crippen LogP contribution in [0.15, 0.2) is 21.4 Å². The molecule has 0 aromatic carbocycles. The van der Waals surface area contributed by atoms with Gasteiger partial charge in [-0.05, 0) is 31.4 Å². The van der Waals surface area contributed by atoms with E-state index in [1.165, 1.54) is 6.08 Å². The lowest BCUT2D eigenvalue weighted by atomic mass is 9.95. The van der Waals surface area contributed by atoms with Gasteiger partial charge in [0.25, 0.3) is 5.56 Å². The number of aliphatic imine (C=N–C) groups is 1. The highest BCUT2D eigenvalue weighted by Gasteiger charge is 2.30. The number of allylic oxidation sites excluding steroid dienone is 2. The first-order chi connectivity index (χ1) is 10.4. The Balaban J connectivity index is 2.14.